The van der Waals surface area contributed by atoms with Gasteiger partial charge >= 0.3 is 0 Å². The van der Waals surface area contributed by atoms with Crippen molar-refractivity contribution in [3.63, 3.8) is 0 Å². The highest BCUT2D eigenvalue weighted by atomic mass is 19.1. The molecule has 0 saturated carbocycles. The van der Waals surface area contributed by atoms with Crippen LogP contribution >= 0.6 is 0 Å². The third-order valence-electron chi connectivity index (χ3n) is 2.80. The molecule has 0 amide bonds. The lowest BCUT2D eigenvalue weighted by Gasteiger charge is -2.28. The largest absolute Gasteiger partial charge is 0.394 e. The van der Waals surface area contributed by atoms with Crippen LogP contribution in [-0.4, -0.2) is 40.7 Å². The molecule has 0 bridgehead atoms. The summed E-state index contributed by atoms with van der Waals surface area (Å²) in [6.07, 6.45) is 0. The first-order chi connectivity index (χ1) is 8.06. The lowest BCUT2D eigenvalue weighted by atomic mass is 10.0. The van der Waals surface area contributed by atoms with Crippen LogP contribution in [0.15, 0.2) is 18.2 Å². The number of hydrogen-bond acceptors (Lipinski definition) is 4. The van der Waals surface area contributed by atoms with E-state index in [2.05, 4.69) is 5.32 Å². The fourth-order valence-corrected chi connectivity index (χ4v) is 1.42. The molecule has 0 aromatic heterocycles. The van der Waals surface area contributed by atoms with Gasteiger partial charge in [0.1, 0.15) is 5.82 Å². The lowest BCUT2D eigenvalue weighted by Crippen LogP contribution is -2.54. The Hall–Kier alpha value is -1.01. The van der Waals surface area contributed by atoms with E-state index in [9.17, 15) is 4.39 Å². The summed E-state index contributed by atoms with van der Waals surface area (Å²) in [4.78, 5) is 0. The monoisotopic (exact) mass is 243 g/mol. The highest BCUT2D eigenvalue weighted by Crippen LogP contribution is 2.10. The van der Waals surface area contributed by atoms with Gasteiger partial charge in [-0.2, -0.15) is 0 Å². The Balaban J connectivity index is 2.68. The molecule has 0 radical (unpaired) electrons. The second-order valence-electron chi connectivity index (χ2n) is 4.19. The molecule has 1 aromatic rings. The van der Waals surface area contributed by atoms with Crippen molar-refractivity contribution in [1.29, 1.82) is 0 Å². The van der Waals surface area contributed by atoms with E-state index in [1.54, 1.807) is 19.1 Å². The molecule has 1 aromatic carbocycles. The normalized spacial score (nSPS) is 11.8. The van der Waals surface area contributed by atoms with Crippen molar-refractivity contribution in [2.75, 3.05) is 19.8 Å². The van der Waals surface area contributed by atoms with Crippen LogP contribution in [0.1, 0.15) is 11.1 Å². The molecule has 0 heterocycles. The molecule has 96 valence electrons. The number of aliphatic hydroxyl groups excluding tert-OH is 3. The summed E-state index contributed by atoms with van der Waals surface area (Å²) in [6.45, 7) is 0.875. The lowest BCUT2D eigenvalue weighted by molar-refractivity contribution is 0.0414. The highest BCUT2D eigenvalue weighted by Gasteiger charge is 2.26. The van der Waals surface area contributed by atoms with Gasteiger partial charge in [0.15, 0.2) is 0 Å². The van der Waals surface area contributed by atoms with Gasteiger partial charge in [0.25, 0.3) is 0 Å². The van der Waals surface area contributed by atoms with E-state index >= 15 is 0 Å². The fourth-order valence-electron chi connectivity index (χ4n) is 1.42. The quantitative estimate of drug-likeness (QED) is 0.565. The SMILES string of the molecule is Cc1cc(CNC(CO)(CO)CO)ccc1F. The molecule has 0 fully saturated rings. The smallest absolute Gasteiger partial charge is 0.126 e. The maximum atomic E-state index is 13.0. The highest BCUT2D eigenvalue weighted by molar-refractivity contribution is 5.24. The second kappa shape index (κ2) is 6.07. The molecule has 0 unspecified atom stereocenters. The number of nitrogens with one attached hydrogen (secondary N) is 1. The standard InChI is InChI=1S/C12H18FNO3/c1-9-4-10(2-3-11(9)13)5-14-12(6-15,7-16)8-17/h2-4,14-17H,5-8H2,1H3. The maximum absolute atomic E-state index is 13.0. The van der Waals surface area contributed by atoms with Crippen molar-refractivity contribution < 1.29 is 19.7 Å². The van der Waals surface area contributed by atoms with Gasteiger partial charge in [0, 0.05) is 6.54 Å². The molecule has 1 rings (SSSR count). The molecule has 0 atom stereocenters. The van der Waals surface area contributed by atoms with E-state index in [-0.39, 0.29) is 25.6 Å². The second-order valence-corrected chi connectivity index (χ2v) is 4.19. The van der Waals surface area contributed by atoms with Crippen molar-refractivity contribution >= 4 is 0 Å². The van der Waals surface area contributed by atoms with Gasteiger partial charge in [-0.3, -0.25) is 0 Å². The van der Waals surface area contributed by atoms with Gasteiger partial charge in [0.05, 0.1) is 25.4 Å². The first kappa shape index (κ1) is 14.1. The van der Waals surface area contributed by atoms with Crippen molar-refractivity contribution in [2.45, 2.75) is 19.0 Å². The molecule has 0 aliphatic rings. The Kier molecular flexibility index (Phi) is 5.02. The number of halogens is 1. The van der Waals surface area contributed by atoms with Gasteiger partial charge in [-0.25, -0.2) is 4.39 Å². The van der Waals surface area contributed by atoms with Gasteiger partial charge < -0.3 is 20.6 Å². The molecule has 17 heavy (non-hydrogen) atoms. The predicted molar refractivity (Wildman–Crippen MR) is 62.0 cm³/mol. The van der Waals surface area contributed by atoms with E-state index in [1.807, 2.05) is 0 Å². The zero-order valence-electron chi connectivity index (χ0n) is 9.78. The van der Waals surface area contributed by atoms with Crippen LogP contribution in [0.4, 0.5) is 4.39 Å². The molecule has 0 aliphatic carbocycles. The Morgan fingerprint density at radius 2 is 1.76 bits per heavy atom. The van der Waals surface area contributed by atoms with Crippen LogP contribution in [0.3, 0.4) is 0 Å². The van der Waals surface area contributed by atoms with E-state index in [0.29, 0.717) is 12.1 Å². The first-order valence-electron chi connectivity index (χ1n) is 5.39. The van der Waals surface area contributed by atoms with Crippen molar-refractivity contribution in [1.82, 2.24) is 5.32 Å². The number of benzene rings is 1. The number of rotatable bonds is 6. The van der Waals surface area contributed by atoms with Crippen LogP contribution in [0.5, 0.6) is 0 Å². The van der Waals surface area contributed by atoms with Crippen LogP contribution in [-0.2, 0) is 6.54 Å². The number of aryl methyl sites for hydroxylation is 1. The third-order valence-corrected chi connectivity index (χ3v) is 2.80. The number of hydrogen-bond donors (Lipinski definition) is 4. The third kappa shape index (κ3) is 3.47. The summed E-state index contributed by atoms with van der Waals surface area (Å²) in [7, 11) is 0. The average Bonchev–Trinajstić information content (AvgIpc) is 2.36. The fraction of sp³-hybridized carbons (Fsp3) is 0.500. The van der Waals surface area contributed by atoms with E-state index in [4.69, 9.17) is 15.3 Å². The van der Waals surface area contributed by atoms with Crippen molar-refractivity contribution in [3.05, 3.63) is 35.1 Å². The summed E-state index contributed by atoms with van der Waals surface area (Å²) < 4.78 is 13.0. The first-order valence-corrected chi connectivity index (χ1v) is 5.39. The summed E-state index contributed by atoms with van der Waals surface area (Å²) >= 11 is 0. The zero-order valence-corrected chi connectivity index (χ0v) is 9.78. The molecular weight excluding hydrogens is 225 g/mol. The molecule has 0 aliphatic heterocycles. The predicted octanol–water partition coefficient (Wildman–Crippen LogP) is -0.0606. The maximum Gasteiger partial charge on any atom is 0.126 e. The van der Waals surface area contributed by atoms with Crippen LogP contribution in [0, 0.1) is 12.7 Å². The minimum Gasteiger partial charge on any atom is -0.394 e. The minimum absolute atomic E-state index is 0.272. The van der Waals surface area contributed by atoms with Gasteiger partial charge in [0.2, 0.25) is 0 Å². The van der Waals surface area contributed by atoms with Crippen LogP contribution < -0.4 is 5.32 Å². The van der Waals surface area contributed by atoms with Gasteiger partial charge in [-0.15, -0.1) is 0 Å². The van der Waals surface area contributed by atoms with Gasteiger partial charge in [-0.05, 0) is 24.1 Å². The van der Waals surface area contributed by atoms with E-state index in [0.717, 1.165) is 5.56 Å². The number of aliphatic hydroxyl groups is 3. The molecule has 5 heteroatoms. The molecular formula is C12H18FNO3. The average molecular weight is 243 g/mol. The van der Waals surface area contributed by atoms with E-state index < -0.39 is 5.54 Å². The molecule has 0 saturated heterocycles. The summed E-state index contributed by atoms with van der Waals surface area (Å²) in [5.74, 6) is -0.272. The Morgan fingerprint density at radius 1 is 1.18 bits per heavy atom. The van der Waals surface area contributed by atoms with E-state index in [1.165, 1.54) is 6.07 Å². The van der Waals surface area contributed by atoms with Crippen molar-refractivity contribution in [3.8, 4) is 0 Å². The van der Waals surface area contributed by atoms with Crippen LogP contribution in [0.2, 0.25) is 0 Å². The van der Waals surface area contributed by atoms with Crippen molar-refractivity contribution in [2.24, 2.45) is 0 Å². The molecule has 0 spiro atoms. The van der Waals surface area contributed by atoms with Gasteiger partial charge in [-0.1, -0.05) is 12.1 Å². The molecule has 4 N–H and O–H groups in total. The van der Waals surface area contributed by atoms with Crippen LogP contribution in [0.25, 0.3) is 0 Å². The minimum atomic E-state index is -1.11. The zero-order chi connectivity index (χ0) is 12.9. The summed E-state index contributed by atoms with van der Waals surface area (Å²) in [5, 5.41) is 30.2. The molecule has 4 nitrogen and oxygen atoms in total. The Labute approximate surface area is 99.7 Å². The summed E-state index contributed by atoms with van der Waals surface area (Å²) in [6, 6.07) is 4.66. The Morgan fingerprint density at radius 3 is 2.24 bits per heavy atom. The topological polar surface area (TPSA) is 72.7 Å². The Bertz CT molecular complexity index is 359. The summed E-state index contributed by atoms with van der Waals surface area (Å²) in [5.41, 5.74) is 0.248.